The summed E-state index contributed by atoms with van der Waals surface area (Å²) in [5.41, 5.74) is -0.469. The van der Waals surface area contributed by atoms with E-state index in [-0.39, 0.29) is 77.2 Å². The smallest absolute Gasteiger partial charge is 0.311 e. The van der Waals surface area contributed by atoms with Crippen molar-refractivity contribution in [1.29, 1.82) is 0 Å². The Hall–Kier alpha value is -7.92. The Bertz CT molecular complexity index is 2150. The largest absolute Gasteiger partial charge is 0.466 e. The fourth-order valence-corrected chi connectivity index (χ4v) is 5.67. The van der Waals surface area contributed by atoms with Crippen molar-refractivity contribution in [3.8, 4) is 0 Å². The Balaban J connectivity index is -0.000000233. The van der Waals surface area contributed by atoms with E-state index in [9.17, 15) is 57.5 Å². The number of hydrogen-bond donors (Lipinski definition) is 0. The van der Waals surface area contributed by atoms with Crippen molar-refractivity contribution in [1.82, 2.24) is 29.4 Å². The predicted octanol–water partition coefficient (Wildman–Crippen LogP) is 7.36. The molecule has 6 amide bonds. The summed E-state index contributed by atoms with van der Waals surface area (Å²) < 4.78 is 29.5. The SMILES string of the molecule is C=CC(=O)N(C)CCCOC(=O)C(C)(C)C.C=CC(=O)N(C)CCCOC(=O)C(C)C.C=CC(=O)N(C)CCCOC(=O)CC.C=CC(=O)N(C)CCCOC(=O)CC(C)C.C=CC(=O)N(C)CCCOC(=O)CCC.C=CC(=O)N(C)CCCOC(C)=O. The molecule has 24 heteroatoms. The third-order valence-corrected chi connectivity index (χ3v) is 11.1. The molecule has 0 heterocycles. The van der Waals surface area contributed by atoms with Gasteiger partial charge in [0.1, 0.15) is 0 Å². The van der Waals surface area contributed by atoms with E-state index in [1.54, 1.807) is 72.9 Å². The Morgan fingerprint density at radius 1 is 0.393 bits per heavy atom. The van der Waals surface area contributed by atoms with E-state index in [1.807, 2.05) is 41.5 Å². The summed E-state index contributed by atoms with van der Waals surface area (Å²) in [6, 6.07) is 0. The Kier molecular flexibility index (Phi) is 61.2. The summed E-state index contributed by atoms with van der Waals surface area (Å²) in [7, 11) is 10.1. The molecule has 0 aliphatic heterocycles. The number of ether oxygens (including phenoxy) is 6. The second-order valence-electron chi connectivity index (χ2n) is 21.3. The first-order valence-corrected chi connectivity index (χ1v) is 29.7. The Morgan fingerprint density at radius 3 is 0.888 bits per heavy atom. The summed E-state index contributed by atoms with van der Waals surface area (Å²) in [6.45, 7) is 43.8. The first kappa shape index (κ1) is 92.2. The fourth-order valence-electron chi connectivity index (χ4n) is 5.67. The van der Waals surface area contributed by atoms with Crippen LogP contribution >= 0.6 is 0 Å². The maximum absolute atomic E-state index is 11.4. The summed E-state index contributed by atoms with van der Waals surface area (Å²) in [5.74, 6) is -1.76. The lowest BCUT2D eigenvalue weighted by Crippen LogP contribution is -2.28. The van der Waals surface area contributed by atoms with E-state index >= 15 is 0 Å². The molecule has 510 valence electrons. The van der Waals surface area contributed by atoms with Gasteiger partial charge < -0.3 is 57.8 Å². The van der Waals surface area contributed by atoms with E-state index in [0.717, 1.165) is 6.42 Å². The minimum Gasteiger partial charge on any atom is -0.466 e. The van der Waals surface area contributed by atoms with Gasteiger partial charge in [-0.2, -0.15) is 0 Å². The average molecular weight is 1270 g/mol. The molecule has 24 nitrogen and oxygen atoms in total. The number of amides is 6. The maximum Gasteiger partial charge on any atom is 0.311 e. The number of carbonyl (C=O) groups is 12. The van der Waals surface area contributed by atoms with E-state index in [0.29, 0.717) is 143 Å². The van der Waals surface area contributed by atoms with Crippen LogP contribution in [0, 0.1) is 17.3 Å². The molecule has 0 radical (unpaired) electrons. The zero-order chi connectivity index (χ0) is 70.1. The summed E-state index contributed by atoms with van der Waals surface area (Å²) in [4.78, 5) is 141. The highest BCUT2D eigenvalue weighted by atomic mass is 16.6. The number of carbonyl (C=O) groups excluding carboxylic acids is 12. The fraction of sp³-hybridized carbons (Fsp3) is 0.631. The standard InChI is InChI=1S/2C12H21NO3.2C11H19NO3.C10H17NO3.C9H15NO3/c1-6-10(14)13(5)8-7-9-16-11(15)12(2,3)4;1-5-11(14)13(4)7-6-8-16-12(15)9-10(2)3;1-5-10(13)12(4)7-6-8-15-11(14)9(2)3;1-4-7-11(14)15-9-6-8-12(3)10(13)5-2;1-4-9(12)11(3)7-6-8-14-10(13)5-2;1-4-9(12)10(3)6-5-7-13-8(2)11/h6H,1,7-9H2,2-5H3;5,10H,1,6-9H2,2-4H3;5,9H,1,6-8H2,2-4H3;5H,2,4,6-9H2,1,3H3;4H,1,5-8H2,2-3H3;4H,1,5-7H2,2-3H3. The van der Waals surface area contributed by atoms with E-state index < -0.39 is 5.41 Å². The van der Waals surface area contributed by atoms with Crippen LogP contribution in [0.5, 0.6) is 0 Å². The van der Waals surface area contributed by atoms with Crippen LogP contribution in [0.2, 0.25) is 0 Å². The topological polar surface area (TPSA) is 280 Å². The van der Waals surface area contributed by atoms with Crippen LogP contribution in [0.25, 0.3) is 0 Å². The lowest BCUT2D eigenvalue weighted by molar-refractivity contribution is -0.153. The highest BCUT2D eigenvalue weighted by Gasteiger charge is 2.23. The Morgan fingerprint density at radius 2 is 0.652 bits per heavy atom. The summed E-state index contributed by atoms with van der Waals surface area (Å²) in [5, 5.41) is 0. The predicted molar refractivity (Wildman–Crippen MR) is 345 cm³/mol. The Labute approximate surface area is 532 Å². The molecule has 0 aliphatic rings. The molecule has 0 fully saturated rings. The van der Waals surface area contributed by atoms with Crippen LogP contribution in [-0.2, 0) is 86.0 Å². The first-order chi connectivity index (χ1) is 41.5. The third-order valence-electron chi connectivity index (χ3n) is 11.1. The quantitative estimate of drug-likeness (QED) is 0.0256. The van der Waals surface area contributed by atoms with E-state index in [2.05, 4.69) is 39.5 Å². The lowest BCUT2D eigenvalue weighted by Gasteiger charge is -2.18. The normalized spacial score (nSPS) is 9.78. The van der Waals surface area contributed by atoms with Crippen LogP contribution in [0.3, 0.4) is 0 Å². The molecule has 0 saturated heterocycles. The van der Waals surface area contributed by atoms with Gasteiger partial charge in [-0.05, 0) is 108 Å². The molecule has 0 N–H and O–H groups in total. The molecule has 0 rings (SSSR count). The number of hydrogen-bond acceptors (Lipinski definition) is 18. The number of esters is 6. The van der Waals surface area contributed by atoms with Crippen molar-refractivity contribution < 1.29 is 86.0 Å². The van der Waals surface area contributed by atoms with Crippen molar-refractivity contribution >= 4 is 71.3 Å². The van der Waals surface area contributed by atoms with Gasteiger partial charge in [-0.1, -0.05) is 81.0 Å². The van der Waals surface area contributed by atoms with Gasteiger partial charge >= 0.3 is 35.8 Å². The van der Waals surface area contributed by atoms with Crippen LogP contribution in [-0.4, -0.2) is 222 Å². The molecule has 0 unspecified atom stereocenters. The van der Waals surface area contributed by atoms with Crippen molar-refractivity contribution in [2.75, 3.05) is 121 Å². The molecule has 0 aliphatic carbocycles. The molecule has 0 spiro atoms. The molecule has 0 aromatic rings. The number of rotatable bonds is 36. The van der Waals surface area contributed by atoms with Gasteiger partial charge in [-0.15, -0.1) is 0 Å². The highest BCUT2D eigenvalue weighted by molar-refractivity contribution is 5.88. The second-order valence-corrected chi connectivity index (χ2v) is 21.3. The molecule has 89 heavy (non-hydrogen) atoms. The highest BCUT2D eigenvalue weighted by Crippen LogP contribution is 2.15. The van der Waals surface area contributed by atoms with Gasteiger partial charge in [-0.3, -0.25) is 57.5 Å². The van der Waals surface area contributed by atoms with Crippen LogP contribution in [0.15, 0.2) is 75.9 Å². The second kappa shape index (κ2) is 59.1. The molecule has 0 saturated carbocycles. The van der Waals surface area contributed by atoms with Crippen LogP contribution in [0.4, 0.5) is 0 Å². The van der Waals surface area contributed by atoms with E-state index in [1.165, 1.54) is 63.0 Å². The zero-order valence-electron chi connectivity index (χ0n) is 56.9. The third kappa shape index (κ3) is 61.5. The van der Waals surface area contributed by atoms with Gasteiger partial charge in [-0.25, -0.2) is 0 Å². The average Bonchev–Trinajstić information content (AvgIpc) is 3.63. The van der Waals surface area contributed by atoms with E-state index in [4.69, 9.17) is 28.4 Å². The number of nitrogens with zero attached hydrogens (tertiary/aromatic N) is 6. The van der Waals surface area contributed by atoms with Crippen LogP contribution < -0.4 is 0 Å². The molecule has 0 aromatic carbocycles. The van der Waals surface area contributed by atoms with Crippen LogP contribution in [0.1, 0.15) is 133 Å². The van der Waals surface area contributed by atoms with Gasteiger partial charge in [0.25, 0.3) is 0 Å². The minimum absolute atomic E-state index is 0.0995. The minimum atomic E-state index is -0.469. The molecule has 0 aromatic heterocycles. The van der Waals surface area contributed by atoms with Gasteiger partial charge in [0.05, 0.1) is 51.0 Å². The van der Waals surface area contributed by atoms with Crippen molar-refractivity contribution in [2.45, 2.75) is 133 Å². The number of likely N-dealkylation sites (N-methyl/N-ethyl adjacent to an activating group) is 6. The van der Waals surface area contributed by atoms with Gasteiger partial charge in [0.2, 0.25) is 35.4 Å². The maximum atomic E-state index is 11.4. The molecular weight excluding hydrogens is 1150 g/mol. The van der Waals surface area contributed by atoms with Gasteiger partial charge in [0.15, 0.2) is 0 Å². The molecule has 0 bridgehead atoms. The molecule has 0 atom stereocenters. The first-order valence-electron chi connectivity index (χ1n) is 29.7. The monoisotopic (exact) mass is 1260 g/mol. The summed E-state index contributed by atoms with van der Waals surface area (Å²) in [6.07, 6.45) is 13.6. The zero-order valence-corrected chi connectivity index (χ0v) is 56.9. The van der Waals surface area contributed by atoms with Gasteiger partial charge in [0, 0.05) is 108 Å². The van der Waals surface area contributed by atoms with Crippen molar-refractivity contribution in [3.63, 3.8) is 0 Å². The molecular formula is C65H112N6O18. The van der Waals surface area contributed by atoms with Crippen molar-refractivity contribution in [2.24, 2.45) is 17.3 Å². The lowest BCUT2D eigenvalue weighted by atomic mass is 9.97. The van der Waals surface area contributed by atoms with Crippen molar-refractivity contribution in [3.05, 3.63) is 75.9 Å². The summed E-state index contributed by atoms with van der Waals surface area (Å²) >= 11 is 0.